The van der Waals surface area contributed by atoms with Gasteiger partial charge in [-0.05, 0) is 33.1 Å². The fourth-order valence-electron chi connectivity index (χ4n) is 4.54. The molecule has 33 heavy (non-hydrogen) atoms. The van der Waals surface area contributed by atoms with Crippen molar-refractivity contribution in [2.75, 3.05) is 30.4 Å². The van der Waals surface area contributed by atoms with Crippen LogP contribution < -0.4 is 10.2 Å². The van der Waals surface area contributed by atoms with Gasteiger partial charge in [0.05, 0.1) is 29.8 Å². The Morgan fingerprint density at radius 1 is 1.30 bits per heavy atom. The minimum absolute atomic E-state index is 0.0128. The van der Waals surface area contributed by atoms with Gasteiger partial charge in [-0.2, -0.15) is 4.98 Å². The summed E-state index contributed by atoms with van der Waals surface area (Å²) in [6.07, 6.45) is 6.95. The maximum absolute atomic E-state index is 13.6. The number of anilines is 2. The number of rotatable bonds is 5. The number of aromatic nitrogens is 4. The highest BCUT2D eigenvalue weighted by Crippen LogP contribution is 2.40. The number of aryl methyl sites for hydroxylation is 1. The predicted molar refractivity (Wildman–Crippen MR) is 121 cm³/mol. The van der Waals surface area contributed by atoms with Gasteiger partial charge in [0.25, 0.3) is 5.91 Å². The lowest BCUT2D eigenvalue weighted by atomic mass is 10.0. The first-order valence-electron chi connectivity index (χ1n) is 11.4. The molecule has 1 atom stereocenters. The monoisotopic (exact) mass is 449 g/mol. The zero-order chi connectivity index (χ0) is 22.7. The molecular weight excluding hydrogens is 422 g/mol. The molecule has 6 rings (SSSR count). The van der Waals surface area contributed by atoms with E-state index in [4.69, 9.17) is 9.15 Å². The minimum atomic E-state index is -0.105. The second-order valence-corrected chi connectivity index (χ2v) is 9.46. The van der Waals surface area contributed by atoms with E-state index in [0.29, 0.717) is 47.8 Å². The van der Waals surface area contributed by atoms with Gasteiger partial charge < -0.3 is 24.3 Å². The van der Waals surface area contributed by atoms with Crippen LogP contribution in [-0.2, 0) is 17.7 Å². The lowest BCUT2D eigenvalue weighted by molar-refractivity contribution is -0.0487. The van der Waals surface area contributed by atoms with E-state index < -0.39 is 0 Å². The summed E-state index contributed by atoms with van der Waals surface area (Å²) in [4.78, 5) is 35.5. The van der Waals surface area contributed by atoms with E-state index in [0.717, 1.165) is 42.9 Å². The van der Waals surface area contributed by atoms with Crippen molar-refractivity contribution in [2.45, 2.75) is 57.8 Å². The zero-order valence-electron chi connectivity index (χ0n) is 19.1. The summed E-state index contributed by atoms with van der Waals surface area (Å²) in [6.45, 7) is 5.76. The van der Waals surface area contributed by atoms with Crippen LogP contribution in [0.4, 0.5) is 11.6 Å². The lowest BCUT2D eigenvalue weighted by Gasteiger charge is -2.37. The fourth-order valence-corrected chi connectivity index (χ4v) is 4.54. The molecule has 2 aliphatic heterocycles. The Kier molecular flexibility index (Phi) is 4.55. The number of nitrogens with zero attached hydrogens (tertiary/aromatic N) is 6. The van der Waals surface area contributed by atoms with Gasteiger partial charge in [0.15, 0.2) is 0 Å². The number of carbonyl (C=O) groups excluding carboxylic acids is 1. The third-order valence-corrected chi connectivity index (χ3v) is 6.91. The molecular formula is C23H27N7O3. The third kappa shape index (κ3) is 3.49. The van der Waals surface area contributed by atoms with Crippen molar-refractivity contribution in [3.8, 4) is 0 Å². The fraction of sp³-hybridized carbons (Fsp3) is 0.522. The van der Waals surface area contributed by atoms with Crippen LogP contribution in [0.25, 0.3) is 11.1 Å². The first-order valence-corrected chi connectivity index (χ1v) is 11.4. The average Bonchev–Trinajstić information content (AvgIpc) is 3.33. The zero-order valence-corrected chi connectivity index (χ0v) is 19.1. The van der Waals surface area contributed by atoms with Crippen molar-refractivity contribution in [1.82, 2.24) is 24.8 Å². The highest BCUT2D eigenvalue weighted by molar-refractivity contribution is 6.09. The summed E-state index contributed by atoms with van der Waals surface area (Å²) in [7, 11) is 2.00. The maximum atomic E-state index is 13.6. The van der Waals surface area contributed by atoms with Gasteiger partial charge in [-0.15, -0.1) is 0 Å². The van der Waals surface area contributed by atoms with Gasteiger partial charge in [0, 0.05) is 31.1 Å². The molecule has 5 heterocycles. The first kappa shape index (κ1) is 20.3. The molecule has 10 nitrogen and oxygen atoms in total. The first-order chi connectivity index (χ1) is 15.9. The van der Waals surface area contributed by atoms with Gasteiger partial charge >= 0.3 is 0 Å². The van der Waals surface area contributed by atoms with E-state index in [-0.39, 0.29) is 17.7 Å². The minimum Gasteiger partial charge on any atom is -0.445 e. The van der Waals surface area contributed by atoms with Crippen LogP contribution in [0.15, 0.2) is 17.0 Å². The molecule has 0 aromatic carbocycles. The smallest absolute Gasteiger partial charge is 0.258 e. The Morgan fingerprint density at radius 3 is 2.85 bits per heavy atom. The normalized spacial score (nSPS) is 20.8. The van der Waals surface area contributed by atoms with Gasteiger partial charge in [-0.25, -0.2) is 15.0 Å². The van der Waals surface area contributed by atoms with Crippen molar-refractivity contribution in [2.24, 2.45) is 0 Å². The SMILES string of the molecule is Cc1nc(NC2(C)CC2)c2c(C(=O)N3CCc4c(ncnc4N(C)C4CCO4)C3)coc2n1. The van der Waals surface area contributed by atoms with Crippen LogP contribution >= 0.6 is 0 Å². The average molecular weight is 450 g/mol. The van der Waals surface area contributed by atoms with E-state index in [1.807, 2.05) is 18.9 Å². The highest BCUT2D eigenvalue weighted by atomic mass is 16.5. The Hall–Kier alpha value is -3.27. The number of hydrogen-bond acceptors (Lipinski definition) is 9. The molecule has 0 bridgehead atoms. The molecule has 1 amide bonds. The molecule has 172 valence electrons. The van der Waals surface area contributed by atoms with Crippen LogP contribution in [-0.4, -0.2) is 62.7 Å². The van der Waals surface area contributed by atoms with E-state index in [1.165, 1.54) is 6.26 Å². The van der Waals surface area contributed by atoms with Gasteiger partial charge in [0.2, 0.25) is 5.71 Å². The number of hydrogen-bond donors (Lipinski definition) is 1. The van der Waals surface area contributed by atoms with E-state index >= 15 is 0 Å². The molecule has 2 fully saturated rings. The summed E-state index contributed by atoms with van der Waals surface area (Å²) < 4.78 is 11.3. The maximum Gasteiger partial charge on any atom is 0.258 e. The summed E-state index contributed by atoms with van der Waals surface area (Å²) in [6, 6.07) is 0. The summed E-state index contributed by atoms with van der Waals surface area (Å²) >= 11 is 0. The van der Waals surface area contributed by atoms with Crippen LogP contribution in [0.3, 0.4) is 0 Å². The summed E-state index contributed by atoms with van der Waals surface area (Å²) in [5, 5.41) is 4.15. The molecule has 1 aliphatic carbocycles. The lowest BCUT2D eigenvalue weighted by Crippen LogP contribution is -2.44. The van der Waals surface area contributed by atoms with Crippen molar-refractivity contribution in [1.29, 1.82) is 0 Å². The topological polar surface area (TPSA) is 110 Å². The van der Waals surface area contributed by atoms with Crippen molar-refractivity contribution in [3.05, 3.63) is 35.2 Å². The Morgan fingerprint density at radius 2 is 2.12 bits per heavy atom. The second kappa shape index (κ2) is 7.38. The van der Waals surface area contributed by atoms with Crippen LogP contribution in [0, 0.1) is 6.92 Å². The standard InChI is InChI=1S/C23H27N7O3/c1-13-26-19(28-23(2)6-7-23)18-15(11-33-21(18)27-13)22(31)30-8-4-14-16(10-30)24-12-25-20(14)29(3)17-5-9-32-17/h11-12,17H,4-10H2,1-3H3,(H,26,27,28). The quantitative estimate of drug-likeness (QED) is 0.628. The van der Waals surface area contributed by atoms with Gasteiger partial charge in [0.1, 0.15) is 36.3 Å². The molecule has 0 radical (unpaired) electrons. The number of furan rings is 1. The van der Waals surface area contributed by atoms with E-state index in [9.17, 15) is 4.79 Å². The Labute approximate surface area is 191 Å². The van der Waals surface area contributed by atoms with Crippen LogP contribution in [0.1, 0.15) is 53.6 Å². The molecule has 10 heteroatoms. The number of nitrogens with one attached hydrogen (secondary N) is 1. The molecule has 3 aromatic heterocycles. The summed E-state index contributed by atoms with van der Waals surface area (Å²) in [5.74, 6) is 2.06. The van der Waals surface area contributed by atoms with Gasteiger partial charge in [-0.3, -0.25) is 4.79 Å². The molecule has 3 aromatic rings. The number of fused-ring (bicyclic) bond motifs is 2. The molecule has 1 saturated heterocycles. The van der Waals surface area contributed by atoms with Gasteiger partial charge in [-0.1, -0.05) is 0 Å². The van der Waals surface area contributed by atoms with Crippen LogP contribution in [0.5, 0.6) is 0 Å². The molecule has 1 saturated carbocycles. The second-order valence-electron chi connectivity index (χ2n) is 9.46. The molecule has 0 spiro atoms. The summed E-state index contributed by atoms with van der Waals surface area (Å²) in [5.41, 5.74) is 2.88. The molecule has 1 N–H and O–H groups in total. The largest absolute Gasteiger partial charge is 0.445 e. The molecule has 1 unspecified atom stereocenters. The van der Waals surface area contributed by atoms with Crippen molar-refractivity contribution >= 4 is 28.6 Å². The number of amides is 1. The predicted octanol–water partition coefficient (Wildman–Crippen LogP) is 2.67. The third-order valence-electron chi connectivity index (χ3n) is 6.91. The van der Waals surface area contributed by atoms with E-state index in [1.54, 1.807) is 6.33 Å². The number of carbonyl (C=O) groups is 1. The van der Waals surface area contributed by atoms with Crippen molar-refractivity contribution in [3.63, 3.8) is 0 Å². The van der Waals surface area contributed by atoms with Crippen molar-refractivity contribution < 1.29 is 13.9 Å². The Balaban J connectivity index is 1.30. The molecule has 3 aliphatic rings. The highest BCUT2D eigenvalue weighted by Gasteiger charge is 2.39. The Bertz CT molecular complexity index is 1250. The number of ether oxygens (including phenoxy) is 1. The van der Waals surface area contributed by atoms with E-state index in [2.05, 4.69) is 37.1 Å². The van der Waals surface area contributed by atoms with Crippen LogP contribution in [0.2, 0.25) is 0 Å².